The summed E-state index contributed by atoms with van der Waals surface area (Å²) in [4.78, 5) is 27.3. The monoisotopic (exact) mass is 375 g/mol. The van der Waals surface area contributed by atoms with Gasteiger partial charge in [-0.25, -0.2) is 4.98 Å². The third-order valence-electron chi connectivity index (χ3n) is 3.15. The SMILES string of the molecule is CC(=O)Nc1ccc(NC(=O)CSc2nc3cc(Cl)ccc3o2)cc1. The molecule has 2 N–H and O–H groups in total. The average Bonchev–Trinajstić information content (AvgIpc) is 2.96. The maximum Gasteiger partial charge on any atom is 0.257 e. The molecule has 3 rings (SSSR count). The van der Waals surface area contributed by atoms with Gasteiger partial charge in [0, 0.05) is 23.3 Å². The standard InChI is InChI=1S/C17H14ClN3O3S/c1-10(22)19-12-3-5-13(6-4-12)20-16(23)9-25-17-21-14-8-11(18)2-7-15(14)24-17/h2-8H,9H2,1H3,(H,19,22)(H,20,23). The summed E-state index contributed by atoms with van der Waals surface area (Å²) in [6.45, 7) is 1.44. The first-order valence-corrected chi connectivity index (χ1v) is 8.72. The number of amides is 2. The number of aromatic nitrogens is 1. The first kappa shape index (κ1) is 17.3. The summed E-state index contributed by atoms with van der Waals surface area (Å²) in [5.41, 5.74) is 2.60. The van der Waals surface area contributed by atoms with Crippen molar-refractivity contribution in [3.05, 3.63) is 47.5 Å². The van der Waals surface area contributed by atoms with Gasteiger partial charge in [0.25, 0.3) is 5.22 Å². The van der Waals surface area contributed by atoms with Crippen LogP contribution in [0.4, 0.5) is 11.4 Å². The fourth-order valence-corrected chi connectivity index (χ4v) is 2.91. The normalized spacial score (nSPS) is 10.6. The third kappa shape index (κ3) is 4.74. The minimum absolute atomic E-state index is 0.146. The fraction of sp³-hybridized carbons (Fsp3) is 0.118. The first-order valence-electron chi connectivity index (χ1n) is 7.36. The Morgan fingerprint density at radius 2 is 1.80 bits per heavy atom. The Hall–Kier alpha value is -2.51. The molecule has 128 valence electrons. The second kappa shape index (κ2) is 7.58. The molecule has 0 atom stereocenters. The van der Waals surface area contributed by atoms with E-state index in [0.717, 1.165) is 0 Å². The highest BCUT2D eigenvalue weighted by Gasteiger charge is 2.10. The molecular formula is C17H14ClN3O3S. The van der Waals surface area contributed by atoms with Crippen molar-refractivity contribution in [2.75, 3.05) is 16.4 Å². The highest BCUT2D eigenvalue weighted by molar-refractivity contribution is 7.99. The molecule has 8 heteroatoms. The lowest BCUT2D eigenvalue weighted by molar-refractivity contribution is -0.114. The summed E-state index contributed by atoms with van der Waals surface area (Å²) < 4.78 is 5.55. The topological polar surface area (TPSA) is 84.2 Å². The van der Waals surface area contributed by atoms with Gasteiger partial charge in [-0.05, 0) is 42.5 Å². The lowest BCUT2D eigenvalue weighted by Gasteiger charge is -2.06. The number of fused-ring (bicyclic) bond motifs is 1. The van der Waals surface area contributed by atoms with Gasteiger partial charge < -0.3 is 15.1 Å². The number of hydrogen-bond donors (Lipinski definition) is 2. The van der Waals surface area contributed by atoms with Gasteiger partial charge in [-0.1, -0.05) is 23.4 Å². The highest BCUT2D eigenvalue weighted by Crippen LogP contribution is 2.25. The lowest BCUT2D eigenvalue weighted by Crippen LogP contribution is -2.14. The smallest absolute Gasteiger partial charge is 0.257 e. The van der Waals surface area contributed by atoms with Crippen LogP contribution in [0.2, 0.25) is 5.02 Å². The molecule has 0 saturated carbocycles. The molecule has 1 aromatic heterocycles. The zero-order valence-electron chi connectivity index (χ0n) is 13.2. The Morgan fingerprint density at radius 1 is 1.12 bits per heavy atom. The Morgan fingerprint density at radius 3 is 2.48 bits per heavy atom. The molecular weight excluding hydrogens is 362 g/mol. The van der Waals surface area contributed by atoms with Gasteiger partial charge >= 0.3 is 0 Å². The Bertz CT molecular complexity index is 925. The van der Waals surface area contributed by atoms with Crippen LogP contribution in [-0.2, 0) is 9.59 Å². The van der Waals surface area contributed by atoms with Crippen molar-refractivity contribution in [3.63, 3.8) is 0 Å². The molecule has 2 aromatic carbocycles. The van der Waals surface area contributed by atoms with Crippen LogP contribution < -0.4 is 10.6 Å². The molecule has 0 aliphatic rings. The van der Waals surface area contributed by atoms with E-state index in [1.807, 2.05) is 0 Å². The molecule has 6 nitrogen and oxygen atoms in total. The van der Waals surface area contributed by atoms with Crippen LogP contribution in [0.15, 0.2) is 52.1 Å². The van der Waals surface area contributed by atoms with Crippen LogP contribution in [0.1, 0.15) is 6.92 Å². The molecule has 0 aliphatic heterocycles. The summed E-state index contributed by atoms with van der Waals surface area (Å²) >= 11 is 7.11. The summed E-state index contributed by atoms with van der Waals surface area (Å²) in [7, 11) is 0. The van der Waals surface area contributed by atoms with Crippen LogP contribution in [0.5, 0.6) is 0 Å². The van der Waals surface area contributed by atoms with E-state index >= 15 is 0 Å². The maximum absolute atomic E-state index is 12.0. The summed E-state index contributed by atoms with van der Waals surface area (Å²) in [6, 6.07) is 12.0. The molecule has 0 unspecified atom stereocenters. The van der Waals surface area contributed by atoms with E-state index < -0.39 is 0 Å². The maximum atomic E-state index is 12.0. The number of nitrogens with zero attached hydrogens (tertiary/aromatic N) is 1. The van der Waals surface area contributed by atoms with Gasteiger partial charge in [-0.15, -0.1) is 0 Å². The molecule has 0 radical (unpaired) electrons. The number of rotatable bonds is 5. The highest BCUT2D eigenvalue weighted by atomic mass is 35.5. The minimum atomic E-state index is -0.183. The number of benzene rings is 2. The van der Waals surface area contributed by atoms with Crippen LogP contribution in [0, 0.1) is 0 Å². The van der Waals surface area contributed by atoms with E-state index in [2.05, 4.69) is 15.6 Å². The van der Waals surface area contributed by atoms with Crippen molar-refractivity contribution in [2.45, 2.75) is 12.1 Å². The number of nitrogens with one attached hydrogen (secondary N) is 2. The van der Waals surface area contributed by atoms with E-state index in [1.54, 1.807) is 42.5 Å². The minimum Gasteiger partial charge on any atom is -0.431 e. The predicted octanol–water partition coefficient (Wildman–Crippen LogP) is 4.17. The second-order valence-corrected chi connectivity index (χ2v) is 6.55. The average molecular weight is 376 g/mol. The van der Waals surface area contributed by atoms with Gasteiger partial charge in [0.1, 0.15) is 5.52 Å². The molecule has 0 saturated heterocycles. The van der Waals surface area contributed by atoms with Crippen LogP contribution in [0.3, 0.4) is 0 Å². The van der Waals surface area contributed by atoms with E-state index in [0.29, 0.717) is 32.7 Å². The predicted molar refractivity (Wildman–Crippen MR) is 99.1 cm³/mol. The van der Waals surface area contributed by atoms with Crippen molar-refractivity contribution >= 4 is 57.7 Å². The van der Waals surface area contributed by atoms with Crippen molar-refractivity contribution < 1.29 is 14.0 Å². The van der Waals surface area contributed by atoms with Crippen LogP contribution >= 0.6 is 23.4 Å². The van der Waals surface area contributed by atoms with Gasteiger partial charge in [0.2, 0.25) is 11.8 Å². The van der Waals surface area contributed by atoms with Crippen molar-refractivity contribution in [1.82, 2.24) is 4.98 Å². The number of halogens is 1. The Balaban J connectivity index is 1.55. The van der Waals surface area contributed by atoms with Crippen molar-refractivity contribution in [1.29, 1.82) is 0 Å². The zero-order valence-corrected chi connectivity index (χ0v) is 14.8. The lowest BCUT2D eigenvalue weighted by atomic mass is 10.3. The number of carbonyl (C=O) groups is 2. The molecule has 0 bridgehead atoms. The summed E-state index contributed by atoms with van der Waals surface area (Å²) in [6.07, 6.45) is 0. The molecule has 0 fully saturated rings. The molecule has 25 heavy (non-hydrogen) atoms. The summed E-state index contributed by atoms with van der Waals surface area (Å²) in [5, 5.41) is 6.43. The first-order chi connectivity index (χ1) is 12.0. The van der Waals surface area contributed by atoms with Crippen molar-refractivity contribution in [2.24, 2.45) is 0 Å². The number of anilines is 2. The summed E-state index contributed by atoms with van der Waals surface area (Å²) in [5.74, 6) is -0.168. The fourth-order valence-electron chi connectivity index (χ4n) is 2.11. The van der Waals surface area contributed by atoms with Gasteiger partial charge in [0.15, 0.2) is 5.58 Å². The molecule has 0 spiro atoms. The van der Waals surface area contributed by atoms with Crippen molar-refractivity contribution in [3.8, 4) is 0 Å². The van der Waals surface area contributed by atoms with Gasteiger partial charge in [-0.3, -0.25) is 9.59 Å². The number of thioether (sulfide) groups is 1. The van der Waals surface area contributed by atoms with E-state index in [1.165, 1.54) is 18.7 Å². The molecule has 1 heterocycles. The second-order valence-electron chi connectivity index (χ2n) is 5.19. The number of hydrogen-bond acceptors (Lipinski definition) is 5. The van der Waals surface area contributed by atoms with E-state index in [4.69, 9.17) is 16.0 Å². The van der Waals surface area contributed by atoms with Crippen LogP contribution in [-0.4, -0.2) is 22.6 Å². The number of oxazole rings is 1. The molecule has 0 aliphatic carbocycles. The number of carbonyl (C=O) groups excluding carboxylic acids is 2. The van der Waals surface area contributed by atoms with E-state index in [-0.39, 0.29) is 17.6 Å². The zero-order chi connectivity index (χ0) is 17.8. The van der Waals surface area contributed by atoms with Crippen LogP contribution in [0.25, 0.3) is 11.1 Å². The van der Waals surface area contributed by atoms with Gasteiger partial charge in [-0.2, -0.15) is 0 Å². The van der Waals surface area contributed by atoms with Gasteiger partial charge in [0.05, 0.1) is 5.75 Å². The third-order valence-corrected chi connectivity index (χ3v) is 4.21. The molecule has 3 aromatic rings. The molecule has 2 amide bonds. The largest absolute Gasteiger partial charge is 0.431 e. The quantitative estimate of drug-likeness (QED) is 0.654. The Kier molecular flexibility index (Phi) is 5.25. The Labute approximate surface area is 152 Å². The van der Waals surface area contributed by atoms with E-state index in [9.17, 15) is 9.59 Å².